The van der Waals surface area contributed by atoms with Crippen molar-refractivity contribution in [1.82, 2.24) is 10.2 Å². The minimum atomic E-state index is -0.0562. The van der Waals surface area contributed by atoms with Crippen LogP contribution in [-0.4, -0.2) is 36.3 Å². The Hall–Kier alpha value is -1.88. The highest BCUT2D eigenvalue weighted by Gasteiger charge is 2.22. The van der Waals surface area contributed by atoms with E-state index >= 15 is 0 Å². The van der Waals surface area contributed by atoms with Gasteiger partial charge in [-0.25, -0.2) is 0 Å². The maximum absolute atomic E-state index is 12.1. The number of benzene rings is 1. The topological polar surface area (TPSA) is 61.4 Å². The van der Waals surface area contributed by atoms with Crippen LogP contribution >= 0.6 is 0 Å². The van der Waals surface area contributed by atoms with E-state index in [1.54, 1.807) is 0 Å². The molecule has 1 saturated heterocycles. The van der Waals surface area contributed by atoms with Gasteiger partial charge in [0.15, 0.2) is 0 Å². The molecule has 3 rings (SSSR count). The molecule has 0 unspecified atom stereocenters. The molecule has 1 heterocycles. The Morgan fingerprint density at radius 3 is 2.52 bits per heavy atom. The van der Waals surface area contributed by atoms with Gasteiger partial charge in [-0.3, -0.25) is 14.5 Å². The molecule has 2 aliphatic rings. The van der Waals surface area contributed by atoms with E-state index in [0.29, 0.717) is 13.0 Å². The van der Waals surface area contributed by atoms with E-state index in [0.717, 1.165) is 43.8 Å². The molecular weight excluding hydrogens is 338 g/mol. The van der Waals surface area contributed by atoms with Gasteiger partial charge in [-0.05, 0) is 55.8 Å². The Bertz CT molecular complexity index is 623. The third kappa shape index (κ3) is 6.35. The van der Waals surface area contributed by atoms with E-state index in [1.165, 1.54) is 31.5 Å². The molecule has 1 atom stereocenters. The number of carbonyl (C=O) groups is 2. The zero-order chi connectivity index (χ0) is 19.1. The summed E-state index contributed by atoms with van der Waals surface area (Å²) < 4.78 is 0. The van der Waals surface area contributed by atoms with Crippen LogP contribution in [0.2, 0.25) is 0 Å². The lowest BCUT2D eigenvalue weighted by Gasteiger charge is -2.30. The fourth-order valence-electron chi connectivity index (χ4n) is 4.24. The first-order valence-electron chi connectivity index (χ1n) is 10.5. The predicted octanol–water partition coefficient (Wildman–Crippen LogP) is 3.55. The third-order valence-corrected chi connectivity index (χ3v) is 5.76. The summed E-state index contributed by atoms with van der Waals surface area (Å²) in [6.07, 6.45) is 7.19. The minimum Gasteiger partial charge on any atom is -0.355 e. The summed E-state index contributed by atoms with van der Waals surface area (Å²) in [5, 5.41) is 5.81. The highest BCUT2D eigenvalue weighted by molar-refractivity contribution is 5.91. The minimum absolute atomic E-state index is 0.0562. The standard InChI is InChI=1S/C22H33N3O2/c1-17-5-4-14-25(15-17)16-18-8-10-20(11-9-18)24-21(26)12-13-23-22(27)19-6-2-3-7-19/h8-11,17,19H,2-7,12-16H2,1H3,(H,23,27)(H,24,26)/t17-/m1/s1. The lowest BCUT2D eigenvalue weighted by Crippen LogP contribution is -2.33. The summed E-state index contributed by atoms with van der Waals surface area (Å²) in [6.45, 7) is 6.06. The second kappa shape index (κ2) is 9.88. The highest BCUT2D eigenvalue weighted by atomic mass is 16.2. The molecule has 5 heteroatoms. The molecule has 5 nitrogen and oxygen atoms in total. The van der Waals surface area contributed by atoms with Crippen molar-refractivity contribution in [3.8, 4) is 0 Å². The van der Waals surface area contributed by atoms with Crippen LogP contribution in [-0.2, 0) is 16.1 Å². The average molecular weight is 372 g/mol. The van der Waals surface area contributed by atoms with Crippen molar-refractivity contribution in [3.63, 3.8) is 0 Å². The maximum atomic E-state index is 12.1. The van der Waals surface area contributed by atoms with E-state index in [4.69, 9.17) is 0 Å². The van der Waals surface area contributed by atoms with E-state index < -0.39 is 0 Å². The van der Waals surface area contributed by atoms with Crippen molar-refractivity contribution in [2.75, 3.05) is 25.0 Å². The zero-order valence-corrected chi connectivity index (χ0v) is 16.5. The van der Waals surface area contributed by atoms with Crippen LogP contribution in [0, 0.1) is 11.8 Å². The van der Waals surface area contributed by atoms with Crippen molar-refractivity contribution in [1.29, 1.82) is 0 Å². The molecule has 0 aromatic heterocycles. The molecule has 0 spiro atoms. The Kier molecular flexibility index (Phi) is 7.27. The number of rotatable bonds is 7. The molecular formula is C22H33N3O2. The van der Waals surface area contributed by atoms with E-state index in [2.05, 4.69) is 34.6 Å². The number of hydrogen-bond acceptors (Lipinski definition) is 3. The van der Waals surface area contributed by atoms with Gasteiger partial charge in [0.25, 0.3) is 0 Å². The summed E-state index contributed by atoms with van der Waals surface area (Å²) in [4.78, 5) is 26.6. The Morgan fingerprint density at radius 1 is 1.07 bits per heavy atom. The van der Waals surface area contributed by atoms with Gasteiger partial charge in [-0.15, -0.1) is 0 Å². The van der Waals surface area contributed by atoms with Crippen LogP contribution in [0.1, 0.15) is 57.4 Å². The van der Waals surface area contributed by atoms with Gasteiger partial charge in [0.05, 0.1) is 0 Å². The number of carbonyl (C=O) groups excluding carboxylic acids is 2. The van der Waals surface area contributed by atoms with Gasteiger partial charge in [0, 0.05) is 37.7 Å². The van der Waals surface area contributed by atoms with Gasteiger partial charge in [-0.1, -0.05) is 31.9 Å². The van der Waals surface area contributed by atoms with Gasteiger partial charge < -0.3 is 10.6 Å². The summed E-state index contributed by atoms with van der Waals surface area (Å²) in [5.41, 5.74) is 2.10. The van der Waals surface area contributed by atoms with Crippen molar-refractivity contribution in [3.05, 3.63) is 29.8 Å². The first-order chi connectivity index (χ1) is 13.1. The molecule has 27 heavy (non-hydrogen) atoms. The van der Waals surface area contributed by atoms with Crippen molar-refractivity contribution >= 4 is 17.5 Å². The lowest BCUT2D eigenvalue weighted by atomic mass is 10.00. The first kappa shape index (κ1) is 19.9. The number of piperidine rings is 1. The second-order valence-electron chi connectivity index (χ2n) is 8.25. The number of anilines is 1. The fourth-order valence-corrected chi connectivity index (χ4v) is 4.24. The molecule has 2 amide bonds. The summed E-state index contributed by atoms with van der Waals surface area (Å²) in [6, 6.07) is 8.13. The van der Waals surface area contributed by atoms with Crippen molar-refractivity contribution in [2.45, 2.75) is 58.4 Å². The van der Waals surface area contributed by atoms with Gasteiger partial charge in [0.1, 0.15) is 0 Å². The van der Waals surface area contributed by atoms with E-state index in [-0.39, 0.29) is 17.7 Å². The van der Waals surface area contributed by atoms with Gasteiger partial charge in [-0.2, -0.15) is 0 Å². The monoisotopic (exact) mass is 371 g/mol. The number of hydrogen-bond donors (Lipinski definition) is 2. The number of nitrogens with one attached hydrogen (secondary N) is 2. The molecule has 1 aromatic carbocycles. The first-order valence-corrected chi connectivity index (χ1v) is 10.5. The van der Waals surface area contributed by atoms with Crippen LogP contribution in [0.5, 0.6) is 0 Å². The lowest BCUT2D eigenvalue weighted by molar-refractivity contribution is -0.124. The quantitative estimate of drug-likeness (QED) is 0.770. The smallest absolute Gasteiger partial charge is 0.226 e. The van der Waals surface area contributed by atoms with E-state index in [9.17, 15) is 9.59 Å². The SMILES string of the molecule is C[C@@H]1CCCN(Cc2ccc(NC(=O)CCNC(=O)C3CCCC3)cc2)C1. The normalized spacial score (nSPS) is 21.1. The molecule has 148 valence electrons. The largest absolute Gasteiger partial charge is 0.355 e. The average Bonchev–Trinajstić information content (AvgIpc) is 3.18. The molecule has 1 aliphatic heterocycles. The summed E-state index contributed by atoms with van der Waals surface area (Å²) in [5.74, 6) is 0.992. The summed E-state index contributed by atoms with van der Waals surface area (Å²) in [7, 11) is 0. The number of nitrogens with zero attached hydrogens (tertiary/aromatic N) is 1. The molecule has 0 bridgehead atoms. The molecule has 0 radical (unpaired) electrons. The van der Waals surface area contributed by atoms with Crippen molar-refractivity contribution < 1.29 is 9.59 Å². The maximum Gasteiger partial charge on any atom is 0.226 e. The van der Waals surface area contributed by atoms with Crippen LogP contribution < -0.4 is 10.6 Å². The van der Waals surface area contributed by atoms with Crippen molar-refractivity contribution in [2.24, 2.45) is 11.8 Å². The van der Waals surface area contributed by atoms with E-state index in [1.807, 2.05) is 12.1 Å². The predicted molar refractivity (Wildman–Crippen MR) is 108 cm³/mol. The Labute approximate surface area is 162 Å². The second-order valence-corrected chi connectivity index (χ2v) is 8.25. The molecule has 2 fully saturated rings. The molecule has 2 N–H and O–H groups in total. The molecule has 1 saturated carbocycles. The third-order valence-electron chi connectivity index (χ3n) is 5.76. The van der Waals surface area contributed by atoms with Crippen LogP contribution in [0.15, 0.2) is 24.3 Å². The Morgan fingerprint density at radius 2 is 1.81 bits per heavy atom. The molecule has 1 aliphatic carbocycles. The van der Waals surface area contributed by atoms with Gasteiger partial charge >= 0.3 is 0 Å². The van der Waals surface area contributed by atoms with Crippen LogP contribution in [0.25, 0.3) is 0 Å². The van der Waals surface area contributed by atoms with Gasteiger partial charge in [0.2, 0.25) is 11.8 Å². The molecule has 1 aromatic rings. The van der Waals surface area contributed by atoms with Crippen LogP contribution in [0.4, 0.5) is 5.69 Å². The summed E-state index contributed by atoms with van der Waals surface area (Å²) >= 11 is 0. The number of amides is 2. The number of likely N-dealkylation sites (tertiary alicyclic amines) is 1. The fraction of sp³-hybridized carbons (Fsp3) is 0.636. The van der Waals surface area contributed by atoms with Crippen LogP contribution in [0.3, 0.4) is 0 Å². The Balaban J connectivity index is 1.37. The highest BCUT2D eigenvalue weighted by Crippen LogP contribution is 2.24. The zero-order valence-electron chi connectivity index (χ0n) is 16.5.